The lowest BCUT2D eigenvalue weighted by Crippen LogP contribution is -2.30. The molecule has 0 aromatic heterocycles. The Hall–Kier alpha value is -1.88. The average Bonchev–Trinajstić information content (AvgIpc) is 2.40. The van der Waals surface area contributed by atoms with E-state index in [4.69, 9.17) is 0 Å². The first-order valence-electron chi connectivity index (χ1n) is 6.88. The van der Waals surface area contributed by atoms with Crippen LogP contribution in [-0.2, 0) is 16.0 Å². The SMILES string of the molecule is CCNC(C)CC(=O)Nc1ccccc1CC(=O)NC. The zero-order valence-electron chi connectivity index (χ0n) is 12.3. The third kappa shape index (κ3) is 5.40. The summed E-state index contributed by atoms with van der Waals surface area (Å²) in [7, 11) is 1.60. The highest BCUT2D eigenvalue weighted by molar-refractivity contribution is 5.93. The normalized spacial score (nSPS) is 11.8. The molecular formula is C15H23N3O2. The van der Waals surface area contributed by atoms with Gasteiger partial charge in [-0.1, -0.05) is 25.1 Å². The Morgan fingerprint density at radius 2 is 1.90 bits per heavy atom. The van der Waals surface area contributed by atoms with Gasteiger partial charge in [-0.15, -0.1) is 0 Å². The minimum atomic E-state index is -0.0762. The van der Waals surface area contributed by atoms with Gasteiger partial charge in [-0.3, -0.25) is 9.59 Å². The molecule has 1 atom stereocenters. The van der Waals surface area contributed by atoms with Crippen molar-refractivity contribution in [3.05, 3.63) is 29.8 Å². The fraction of sp³-hybridized carbons (Fsp3) is 0.467. The number of rotatable bonds is 7. The molecule has 0 saturated heterocycles. The van der Waals surface area contributed by atoms with Gasteiger partial charge in [-0.25, -0.2) is 0 Å². The van der Waals surface area contributed by atoms with Crippen LogP contribution < -0.4 is 16.0 Å². The highest BCUT2D eigenvalue weighted by Gasteiger charge is 2.11. The zero-order chi connectivity index (χ0) is 15.0. The molecule has 20 heavy (non-hydrogen) atoms. The summed E-state index contributed by atoms with van der Waals surface area (Å²) in [5.41, 5.74) is 1.51. The smallest absolute Gasteiger partial charge is 0.225 e. The summed E-state index contributed by atoms with van der Waals surface area (Å²) < 4.78 is 0. The van der Waals surface area contributed by atoms with E-state index in [9.17, 15) is 9.59 Å². The number of carbonyl (C=O) groups is 2. The quantitative estimate of drug-likeness (QED) is 0.703. The van der Waals surface area contributed by atoms with E-state index >= 15 is 0 Å². The number of likely N-dealkylation sites (N-methyl/N-ethyl adjacent to an activating group) is 1. The monoisotopic (exact) mass is 277 g/mol. The summed E-state index contributed by atoms with van der Waals surface area (Å²) >= 11 is 0. The highest BCUT2D eigenvalue weighted by Crippen LogP contribution is 2.16. The van der Waals surface area contributed by atoms with E-state index in [-0.39, 0.29) is 24.3 Å². The molecule has 0 aliphatic heterocycles. The van der Waals surface area contributed by atoms with Gasteiger partial charge in [0.05, 0.1) is 6.42 Å². The summed E-state index contributed by atoms with van der Waals surface area (Å²) in [6.07, 6.45) is 0.665. The zero-order valence-corrected chi connectivity index (χ0v) is 12.3. The number of hydrogen-bond acceptors (Lipinski definition) is 3. The van der Waals surface area contributed by atoms with Crippen LogP contribution >= 0.6 is 0 Å². The van der Waals surface area contributed by atoms with E-state index in [1.165, 1.54) is 0 Å². The van der Waals surface area contributed by atoms with Crippen molar-refractivity contribution in [2.45, 2.75) is 32.7 Å². The molecule has 0 spiro atoms. The Labute approximate surface area is 120 Å². The minimum Gasteiger partial charge on any atom is -0.359 e. The largest absolute Gasteiger partial charge is 0.359 e. The second-order valence-electron chi connectivity index (χ2n) is 4.72. The predicted molar refractivity (Wildman–Crippen MR) is 80.6 cm³/mol. The average molecular weight is 277 g/mol. The summed E-state index contributed by atoms with van der Waals surface area (Å²) in [4.78, 5) is 23.4. The molecule has 0 radical (unpaired) electrons. The molecule has 3 N–H and O–H groups in total. The van der Waals surface area contributed by atoms with Crippen molar-refractivity contribution in [2.24, 2.45) is 0 Å². The van der Waals surface area contributed by atoms with Crippen LogP contribution in [0.15, 0.2) is 24.3 Å². The number of amides is 2. The molecule has 2 amide bonds. The van der Waals surface area contributed by atoms with Gasteiger partial charge in [0.2, 0.25) is 11.8 Å². The van der Waals surface area contributed by atoms with Crippen LogP contribution in [0.25, 0.3) is 0 Å². The number of benzene rings is 1. The third-order valence-electron chi connectivity index (χ3n) is 2.97. The van der Waals surface area contributed by atoms with Gasteiger partial charge in [0.1, 0.15) is 0 Å². The summed E-state index contributed by atoms with van der Waals surface area (Å²) in [5, 5.41) is 8.64. The molecular weight excluding hydrogens is 254 g/mol. The second kappa shape index (κ2) is 8.32. The Balaban J connectivity index is 2.67. The number of nitrogens with one attached hydrogen (secondary N) is 3. The molecule has 0 saturated carbocycles. The molecule has 5 heteroatoms. The highest BCUT2D eigenvalue weighted by atomic mass is 16.2. The lowest BCUT2D eigenvalue weighted by Gasteiger charge is -2.14. The van der Waals surface area contributed by atoms with Gasteiger partial charge in [-0.2, -0.15) is 0 Å². The standard InChI is InChI=1S/C15H23N3O2/c1-4-17-11(2)9-15(20)18-13-8-6-5-7-12(13)10-14(19)16-3/h5-8,11,17H,4,9-10H2,1-3H3,(H,16,19)(H,18,20). The van der Waals surface area contributed by atoms with Gasteiger partial charge in [0, 0.05) is 25.2 Å². The Kier molecular flexibility index (Phi) is 6.73. The van der Waals surface area contributed by atoms with Gasteiger partial charge >= 0.3 is 0 Å². The molecule has 1 rings (SSSR count). The van der Waals surface area contributed by atoms with Crippen LogP contribution in [0.3, 0.4) is 0 Å². The topological polar surface area (TPSA) is 70.2 Å². The number of para-hydroxylation sites is 1. The first-order valence-corrected chi connectivity index (χ1v) is 6.88. The van der Waals surface area contributed by atoms with E-state index in [1.54, 1.807) is 7.05 Å². The molecule has 0 bridgehead atoms. The van der Waals surface area contributed by atoms with Crippen LogP contribution in [-0.4, -0.2) is 31.4 Å². The predicted octanol–water partition coefficient (Wildman–Crippen LogP) is 1.30. The van der Waals surface area contributed by atoms with Crippen molar-refractivity contribution < 1.29 is 9.59 Å². The van der Waals surface area contributed by atoms with E-state index in [0.29, 0.717) is 12.1 Å². The van der Waals surface area contributed by atoms with Gasteiger partial charge in [-0.05, 0) is 25.1 Å². The molecule has 1 unspecified atom stereocenters. The maximum Gasteiger partial charge on any atom is 0.225 e. The minimum absolute atomic E-state index is 0.0530. The van der Waals surface area contributed by atoms with Gasteiger partial charge < -0.3 is 16.0 Å². The maximum atomic E-state index is 12.0. The molecule has 110 valence electrons. The van der Waals surface area contributed by atoms with Crippen molar-refractivity contribution in [1.82, 2.24) is 10.6 Å². The maximum absolute atomic E-state index is 12.0. The van der Waals surface area contributed by atoms with Crippen LogP contribution in [0.1, 0.15) is 25.8 Å². The lowest BCUT2D eigenvalue weighted by atomic mass is 10.1. The van der Waals surface area contributed by atoms with Gasteiger partial charge in [0.25, 0.3) is 0 Å². The van der Waals surface area contributed by atoms with Crippen LogP contribution in [0, 0.1) is 0 Å². The van der Waals surface area contributed by atoms with Crippen molar-refractivity contribution in [2.75, 3.05) is 18.9 Å². The number of carbonyl (C=O) groups excluding carboxylic acids is 2. The molecule has 1 aromatic rings. The van der Waals surface area contributed by atoms with E-state index in [0.717, 1.165) is 12.1 Å². The summed E-state index contributed by atoms with van der Waals surface area (Å²) in [6.45, 7) is 4.81. The summed E-state index contributed by atoms with van der Waals surface area (Å²) in [5.74, 6) is -0.129. The number of hydrogen-bond donors (Lipinski definition) is 3. The molecule has 1 aromatic carbocycles. The van der Waals surface area contributed by atoms with Crippen molar-refractivity contribution in [3.63, 3.8) is 0 Å². The molecule has 0 fully saturated rings. The molecule has 0 aliphatic rings. The van der Waals surface area contributed by atoms with Crippen LogP contribution in [0.5, 0.6) is 0 Å². The van der Waals surface area contributed by atoms with Crippen molar-refractivity contribution in [3.8, 4) is 0 Å². The van der Waals surface area contributed by atoms with E-state index in [2.05, 4.69) is 16.0 Å². The van der Waals surface area contributed by atoms with Crippen LogP contribution in [0.2, 0.25) is 0 Å². The van der Waals surface area contributed by atoms with Gasteiger partial charge in [0.15, 0.2) is 0 Å². The first kappa shape index (κ1) is 16.2. The third-order valence-corrected chi connectivity index (χ3v) is 2.97. The first-order chi connectivity index (χ1) is 9.56. The second-order valence-corrected chi connectivity index (χ2v) is 4.72. The number of anilines is 1. The van der Waals surface area contributed by atoms with E-state index < -0.39 is 0 Å². The Morgan fingerprint density at radius 3 is 2.55 bits per heavy atom. The molecule has 0 aliphatic carbocycles. The Morgan fingerprint density at radius 1 is 1.20 bits per heavy atom. The summed E-state index contributed by atoms with van der Waals surface area (Å²) in [6, 6.07) is 7.49. The fourth-order valence-electron chi connectivity index (χ4n) is 1.96. The van der Waals surface area contributed by atoms with E-state index in [1.807, 2.05) is 38.1 Å². The lowest BCUT2D eigenvalue weighted by molar-refractivity contribution is -0.120. The van der Waals surface area contributed by atoms with Crippen molar-refractivity contribution in [1.29, 1.82) is 0 Å². The molecule has 5 nitrogen and oxygen atoms in total. The fourth-order valence-corrected chi connectivity index (χ4v) is 1.96. The Bertz CT molecular complexity index is 460. The molecule has 0 heterocycles. The van der Waals surface area contributed by atoms with Crippen molar-refractivity contribution >= 4 is 17.5 Å². The van der Waals surface area contributed by atoms with Crippen LogP contribution in [0.4, 0.5) is 5.69 Å².